The summed E-state index contributed by atoms with van der Waals surface area (Å²) in [6, 6.07) is 0. The molecule has 88 valence electrons. The van der Waals surface area contributed by atoms with E-state index in [2.05, 4.69) is 10.3 Å². The molecule has 0 fully saturated rings. The van der Waals surface area contributed by atoms with E-state index in [4.69, 9.17) is 0 Å². The Morgan fingerprint density at radius 1 is 1.50 bits per heavy atom. The fourth-order valence-corrected chi connectivity index (χ4v) is 1.12. The number of carbonyl (C=O) groups excluding carboxylic acids is 1. The number of rotatable bonds is 3. The summed E-state index contributed by atoms with van der Waals surface area (Å²) in [6.45, 7) is 4.39. The van der Waals surface area contributed by atoms with E-state index >= 15 is 0 Å². The molecule has 0 aliphatic heterocycles. The number of hydrogen-bond donors (Lipinski definition) is 2. The fraction of sp³-hybridized carbons (Fsp3) is 0.500. The van der Waals surface area contributed by atoms with Gasteiger partial charge in [-0.05, 0) is 5.92 Å². The molecule has 6 heteroatoms. The Labute approximate surface area is 92.3 Å². The zero-order chi connectivity index (χ0) is 12.3. The van der Waals surface area contributed by atoms with Gasteiger partial charge in [-0.2, -0.15) is 0 Å². The summed E-state index contributed by atoms with van der Waals surface area (Å²) >= 11 is 0. The van der Waals surface area contributed by atoms with Crippen molar-refractivity contribution in [3.63, 3.8) is 0 Å². The van der Waals surface area contributed by atoms with Gasteiger partial charge >= 0.3 is 5.69 Å². The molecule has 1 heterocycles. The largest absolute Gasteiger partial charge is 0.352 e. The summed E-state index contributed by atoms with van der Waals surface area (Å²) in [6.07, 6.45) is 1.14. The Hall–Kier alpha value is -1.85. The number of hydrogen-bond acceptors (Lipinski definition) is 3. The summed E-state index contributed by atoms with van der Waals surface area (Å²) in [5.41, 5.74) is -1.18. The summed E-state index contributed by atoms with van der Waals surface area (Å²) in [5, 5.41) is 2.61. The highest BCUT2D eigenvalue weighted by Crippen LogP contribution is 1.90. The third kappa shape index (κ3) is 2.59. The van der Waals surface area contributed by atoms with E-state index in [-0.39, 0.29) is 5.56 Å². The van der Waals surface area contributed by atoms with Gasteiger partial charge in [0.15, 0.2) is 0 Å². The molecule has 6 nitrogen and oxygen atoms in total. The molecule has 0 bridgehead atoms. The molecule has 16 heavy (non-hydrogen) atoms. The Balaban J connectivity index is 2.98. The number of amides is 1. The molecule has 0 aliphatic rings. The zero-order valence-corrected chi connectivity index (χ0v) is 9.53. The van der Waals surface area contributed by atoms with Gasteiger partial charge in [0.1, 0.15) is 5.56 Å². The van der Waals surface area contributed by atoms with Gasteiger partial charge in [-0.3, -0.25) is 14.2 Å². The molecular weight excluding hydrogens is 210 g/mol. The second-order valence-electron chi connectivity index (χ2n) is 3.98. The monoisotopic (exact) mass is 225 g/mol. The lowest BCUT2D eigenvalue weighted by Gasteiger charge is -2.07. The minimum atomic E-state index is -0.593. The Bertz CT molecular complexity index is 499. The highest BCUT2D eigenvalue weighted by Gasteiger charge is 2.12. The van der Waals surface area contributed by atoms with Crippen molar-refractivity contribution in [1.29, 1.82) is 0 Å². The maximum Gasteiger partial charge on any atom is 0.328 e. The molecule has 0 aromatic carbocycles. The third-order valence-electron chi connectivity index (χ3n) is 2.10. The van der Waals surface area contributed by atoms with Gasteiger partial charge < -0.3 is 10.3 Å². The average molecular weight is 225 g/mol. The van der Waals surface area contributed by atoms with Gasteiger partial charge in [-0.15, -0.1) is 0 Å². The van der Waals surface area contributed by atoms with Crippen molar-refractivity contribution >= 4 is 5.91 Å². The van der Waals surface area contributed by atoms with E-state index in [0.717, 1.165) is 10.8 Å². The van der Waals surface area contributed by atoms with E-state index in [1.54, 1.807) is 0 Å². The number of nitrogens with zero attached hydrogens (tertiary/aromatic N) is 1. The first-order valence-corrected chi connectivity index (χ1v) is 5.00. The lowest BCUT2D eigenvalue weighted by molar-refractivity contribution is 0.0946. The summed E-state index contributed by atoms with van der Waals surface area (Å²) in [7, 11) is 1.32. The maximum absolute atomic E-state index is 11.6. The van der Waals surface area contributed by atoms with Crippen molar-refractivity contribution in [3.05, 3.63) is 32.6 Å². The summed E-state index contributed by atoms with van der Waals surface area (Å²) in [5.74, 6) is -0.166. The Kier molecular flexibility index (Phi) is 3.65. The number of aromatic nitrogens is 2. The van der Waals surface area contributed by atoms with Crippen LogP contribution in [0.25, 0.3) is 0 Å². The molecule has 0 saturated heterocycles. The minimum absolute atomic E-state index is 0.0530. The molecule has 0 saturated carbocycles. The number of carbonyl (C=O) groups is 1. The molecule has 1 aromatic rings. The molecule has 0 atom stereocenters. The summed E-state index contributed by atoms with van der Waals surface area (Å²) < 4.78 is 0.865. The topological polar surface area (TPSA) is 84.0 Å². The lowest BCUT2D eigenvalue weighted by atomic mass is 10.2. The van der Waals surface area contributed by atoms with Crippen LogP contribution in [0.2, 0.25) is 0 Å². The molecule has 0 radical (unpaired) electrons. The van der Waals surface area contributed by atoms with Gasteiger partial charge in [0, 0.05) is 19.8 Å². The minimum Gasteiger partial charge on any atom is -0.352 e. The molecule has 0 unspecified atom stereocenters. The van der Waals surface area contributed by atoms with Crippen LogP contribution >= 0.6 is 0 Å². The van der Waals surface area contributed by atoms with Crippen LogP contribution in [0, 0.1) is 5.92 Å². The zero-order valence-electron chi connectivity index (χ0n) is 9.53. The van der Waals surface area contributed by atoms with Gasteiger partial charge in [0.05, 0.1) is 0 Å². The first kappa shape index (κ1) is 12.2. The Morgan fingerprint density at radius 2 is 2.12 bits per heavy atom. The van der Waals surface area contributed by atoms with Crippen LogP contribution in [-0.4, -0.2) is 22.0 Å². The molecule has 0 spiro atoms. The average Bonchev–Trinajstić information content (AvgIpc) is 2.23. The van der Waals surface area contributed by atoms with Gasteiger partial charge in [-0.25, -0.2) is 4.79 Å². The van der Waals surface area contributed by atoms with Crippen molar-refractivity contribution < 1.29 is 4.79 Å². The van der Waals surface area contributed by atoms with Gasteiger partial charge in [-0.1, -0.05) is 13.8 Å². The van der Waals surface area contributed by atoms with E-state index in [9.17, 15) is 14.4 Å². The number of nitrogens with one attached hydrogen (secondary N) is 2. The van der Waals surface area contributed by atoms with E-state index < -0.39 is 17.2 Å². The van der Waals surface area contributed by atoms with Gasteiger partial charge in [0.25, 0.3) is 11.5 Å². The normalized spacial score (nSPS) is 10.5. The fourth-order valence-electron chi connectivity index (χ4n) is 1.12. The maximum atomic E-state index is 11.6. The molecule has 0 aliphatic carbocycles. The highest BCUT2D eigenvalue weighted by molar-refractivity contribution is 5.93. The first-order chi connectivity index (χ1) is 7.43. The second kappa shape index (κ2) is 4.78. The standard InChI is InChI=1S/C10H15N3O3/c1-6(2)4-11-8(14)7-5-12-10(16)13(3)9(7)15/h5-6H,4H2,1-3H3,(H,11,14)(H,12,16). The van der Waals surface area contributed by atoms with E-state index in [0.29, 0.717) is 12.5 Å². The van der Waals surface area contributed by atoms with Crippen LogP contribution in [0.3, 0.4) is 0 Å². The predicted octanol–water partition coefficient (Wildman–Crippen LogP) is -0.541. The van der Waals surface area contributed by atoms with Crippen molar-refractivity contribution in [3.8, 4) is 0 Å². The van der Waals surface area contributed by atoms with E-state index in [1.807, 2.05) is 13.8 Å². The van der Waals surface area contributed by atoms with Crippen LogP contribution in [0.1, 0.15) is 24.2 Å². The smallest absolute Gasteiger partial charge is 0.328 e. The SMILES string of the molecule is CC(C)CNC(=O)c1c[nH]c(=O)n(C)c1=O. The molecule has 1 amide bonds. The van der Waals surface area contributed by atoms with Crippen LogP contribution < -0.4 is 16.6 Å². The highest BCUT2D eigenvalue weighted by atomic mass is 16.2. The van der Waals surface area contributed by atoms with Crippen molar-refractivity contribution in [2.45, 2.75) is 13.8 Å². The molecule has 1 rings (SSSR count). The number of H-pyrrole nitrogens is 1. The number of aromatic amines is 1. The molecule has 1 aromatic heterocycles. The van der Waals surface area contributed by atoms with E-state index in [1.165, 1.54) is 7.05 Å². The van der Waals surface area contributed by atoms with Crippen LogP contribution in [0.4, 0.5) is 0 Å². The molecule has 2 N–H and O–H groups in total. The quantitative estimate of drug-likeness (QED) is 0.724. The first-order valence-electron chi connectivity index (χ1n) is 5.00. The van der Waals surface area contributed by atoms with Crippen LogP contribution in [0.15, 0.2) is 15.8 Å². The lowest BCUT2D eigenvalue weighted by Crippen LogP contribution is -2.39. The second-order valence-corrected chi connectivity index (χ2v) is 3.98. The van der Waals surface area contributed by atoms with Crippen molar-refractivity contribution in [1.82, 2.24) is 14.9 Å². The Morgan fingerprint density at radius 3 is 2.69 bits per heavy atom. The van der Waals surface area contributed by atoms with Crippen LogP contribution in [-0.2, 0) is 7.05 Å². The van der Waals surface area contributed by atoms with Crippen molar-refractivity contribution in [2.24, 2.45) is 13.0 Å². The third-order valence-corrected chi connectivity index (χ3v) is 2.10. The van der Waals surface area contributed by atoms with Crippen LogP contribution in [0.5, 0.6) is 0 Å². The van der Waals surface area contributed by atoms with Gasteiger partial charge in [0.2, 0.25) is 0 Å². The van der Waals surface area contributed by atoms with Crippen molar-refractivity contribution in [2.75, 3.05) is 6.54 Å². The summed E-state index contributed by atoms with van der Waals surface area (Å²) in [4.78, 5) is 36.5. The molecular formula is C10H15N3O3. The predicted molar refractivity (Wildman–Crippen MR) is 59.5 cm³/mol.